The lowest BCUT2D eigenvalue weighted by molar-refractivity contribution is -0.137. The lowest BCUT2D eigenvalue weighted by atomic mass is 10.2. The Balaban J connectivity index is 1.50. The zero-order chi connectivity index (χ0) is 26.0. The molecule has 0 unspecified atom stereocenters. The maximum absolute atomic E-state index is 14.1. The molecule has 1 saturated carbocycles. The van der Waals surface area contributed by atoms with Crippen LogP contribution in [-0.4, -0.2) is 56.2 Å². The number of hydrogen-bond acceptors (Lipinski definition) is 5. The van der Waals surface area contributed by atoms with Crippen LogP contribution in [0.4, 0.5) is 14.9 Å². The maximum Gasteiger partial charge on any atom is 0.409 e. The number of fused-ring (bicyclic) bond motifs is 1. The van der Waals surface area contributed by atoms with Gasteiger partial charge in [-0.25, -0.2) is 9.18 Å². The number of nitrogens with zero attached hydrogens (tertiary/aromatic N) is 3. The summed E-state index contributed by atoms with van der Waals surface area (Å²) in [4.78, 5) is 50.0. The van der Waals surface area contributed by atoms with Gasteiger partial charge in [0, 0.05) is 29.2 Å². The molecule has 4 amide bonds. The van der Waals surface area contributed by atoms with Crippen molar-refractivity contribution in [2.75, 3.05) is 11.9 Å². The van der Waals surface area contributed by atoms with Crippen LogP contribution < -0.4 is 16.4 Å². The second kappa shape index (κ2) is 10.2. The number of aromatic nitrogens is 2. The van der Waals surface area contributed by atoms with E-state index in [-0.39, 0.29) is 47.6 Å². The van der Waals surface area contributed by atoms with Gasteiger partial charge in [-0.05, 0) is 37.1 Å². The second-order valence-electron chi connectivity index (χ2n) is 8.28. The number of benzene rings is 2. The number of hydrogen-bond donors (Lipinski definition) is 4. The first kappa shape index (κ1) is 24.9. The van der Waals surface area contributed by atoms with E-state index in [2.05, 4.69) is 15.7 Å². The van der Waals surface area contributed by atoms with Crippen molar-refractivity contribution in [1.82, 2.24) is 20.0 Å². The normalized spacial score (nSPS) is 12.8. The van der Waals surface area contributed by atoms with E-state index in [0.29, 0.717) is 10.9 Å². The predicted molar refractivity (Wildman–Crippen MR) is 128 cm³/mol. The van der Waals surface area contributed by atoms with Gasteiger partial charge in [-0.15, -0.1) is 0 Å². The highest BCUT2D eigenvalue weighted by Gasteiger charge is 2.34. The molecule has 1 heterocycles. The third-order valence-electron chi connectivity index (χ3n) is 5.65. The van der Waals surface area contributed by atoms with E-state index in [0.717, 1.165) is 12.8 Å². The molecule has 4 rings (SSSR count). The number of rotatable bonds is 9. The van der Waals surface area contributed by atoms with Crippen LogP contribution in [0.25, 0.3) is 10.9 Å². The van der Waals surface area contributed by atoms with Crippen molar-refractivity contribution < 1.29 is 28.7 Å². The lowest BCUT2D eigenvalue weighted by Gasteiger charge is -2.22. The molecule has 5 N–H and O–H groups in total. The maximum atomic E-state index is 14.1. The fourth-order valence-electron chi connectivity index (χ4n) is 3.79. The Bertz CT molecular complexity index is 1370. The molecule has 1 aliphatic rings. The zero-order valence-corrected chi connectivity index (χ0v) is 19.6. The Morgan fingerprint density at radius 3 is 2.64 bits per heavy atom. The van der Waals surface area contributed by atoms with Gasteiger partial charge in [0.25, 0.3) is 5.91 Å². The van der Waals surface area contributed by atoms with Crippen LogP contribution in [0.2, 0.25) is 5.02 Å². The SMILES string of the molecule is NC(=O)c1nn(CC(=O)N(CC(=O)NCc2cccc(Cl)c2F)C2CC2)c2cc(NC(=O)O)ccc12. The molecule has 11 nitrogen and oxygen atoms in total. The third-order valence-corrected chi connectivity index (χ3v) is 5.94. The van der Waals surface area contributed by atoms with Crippen molar-refractivity contribution in [2.45, 2.75) is 32.0 Å². The van der Waals surface area contributed by atoms with Crippen LogP contribution in [0.3, 0.4) is 0 Å². The molecule has 1 fully saturated rings. The topological polar surface area (TPSA) is 160 Å². The van der Waals surface area contributed by atoms with Crippen LogP contribution in [0.15, 0.2) is 36.4 Å². The average Bonchev–Trinajstić information content (AvgIpc) is 3.60. The molecule has 2 aromatic carbocycles. The van der Waals surface area contributed by atoms with Crippen molar-refractivity contribution >= 4 is 52.0 Å². The summed E-state index contributed by atoms with van der Waals surface area (Å²) in [7, 11) is 0. The molecule has 36 heavy (non-hydrogen) atoms. The quantitative estimate of drug-likeness (QED) is 0.341. The van der Waals surface area contributed by atoms with Gasteiger partial charge in [0.05, 0.1) is 17.1 Å². The first-order chi connectivity index (χ1) is 17.1. The van der Waals surface area contributed by atoms with Crippen molar-refractivity contribution in [2.24, 2.45) is 5.73 Å². The number of nitrogens with two attached hydrogens (primary N) is 1. The number of primary amides is 1. The van der Waals surface area contributed by atoms with E-state index >= 15 is 0 Å². The van der Waals surface area contributed by atoms with Gasteiger partial charge in [-0.1, -0.05) is 23.7 Å². The predicted octanol–water partition coefficient (Wildman–Crippen LogP) is 2.33. The van der Waals surface area contributed by atoms with Crippen LogP contribution in [-0.2, 0) is 22.7 Å². The molecule has 0 atom stereocenters. The Labute approximate surface area is 209 Å². The van der Waals surface area contributed by atoms with Crippen molar-refractivity contribution in [3.63, 3.8) is 0 Å². The molecule has 0 aliphatic heterocycles. The van der Waals surface area contributed by atoms with E-state index in [9.17, 15) is 23.6 Å². The minimum atomic E-state index is -1.28. The van der Waals surface area contributed by atoms with E-state index < -0.39 is 29.6 Å². The van der Waals surface area contributed by atoms with E-state index in [1.165, 1.54) is 39.9 Å². The number of halogens is 2. The van der Waals surface area contributed by atoms with Crippen LogP contribution in [0.5, 0.6) is 0 Å². The molecule has 188 valence electrons. The summed E-state index contributed by atoms with van der Waals surface area (Å²) >= 11 is 5.77. The molecule has 1 aromatic heterocycles. The summed E-state index contributed by atoms with van der Waals surface area (Å²) in [5, 5.41) is 18.2. The first-order valence-electron chi connectivity index (χ1n) is 10.9. The van der Waals surface area contributed by atoms with Crippen LogP contribution in [0, 0.1) is 5.82 Å². The molecule has 0 radical (unpaired) electrons. The van der Waals surface area contributed by atoms with Crippen molar-refractivity contribution in [1.29, 1.82) is 0 Å². The fraction of sp³-hybridized carbons (Fsp3) is 0.261. The number of carbonyl (C=O) groups is 4. The summed E-state index contributed by atoms with van der Waals surface area (Å²) < 4.78 is 15.3. The highest BCUT2D eigenvalue weighted by molar-refractivity contribution is 6.30. The Kier molecular flexibility index (Phi) is 7.06. The summed E-state index contributed by atoms with van der Waals surface area (Å²) in [5.74, 6) is -2.34. The number of carbonyl (C=O) groups excluding carboxylic acids is 3. The number of anilines is 1. The molecule has 0 saturated heterocycles. The summed E-state index contributed by atoms with van der Waals surface area (Å²) in [6.07, 6.45) is 0.164. The van der Waals surface area contributed by atoms with Crippen molar-refractivity contribution in [3.8, 4) is 0 Å². The van der Waals surface area contributed by atoms with Gasteiger partial charge < -0.3 is 21.1 Å². The van der Waals surface area contributed by atoms with Gasteiger partial charge >= 0.3 is 6.09 Å². The van der Waals surface area contributed by atoms with Gasteiger partial charge in [0.2, 0.25) is 11.8 Å². The average molecular weight is 517 g/mol. The van der Waals surface area contributed by atoms with Crippen molar-refractivity contribution in [3.05, 3.63) is 58.5 Å². The second-order valence-corrected chi connectivity index (χ2v) is 8.68. The smallest absolute Gasteiger partial charge is 0.409 e. The lowest BCUT2D eigenvalue weighted by Crippen LogP contribution is -2.43. The molecule has 13 heteroatoms. The standard InChI is InChI=1S/C23H22ClFN6O5/c24-16-3-1-2-12(20(16)25)9-27-18(32)10-30(14-5-6-14)19(33)11-31-17-8-13(28-23(35)36)4-7-15(17)21(29-31)22(26)34/h1-4,7-8,14,28H,5-6,9-11H2,(H2,26,34)(H,27,32)(H,35,36). The van der Waals surface area contributed by atoms with Gasteiger partial charge in [0.15, 0.2) is 5.69 Å². The molecular weight excluding hydrogens is 495 g/mol. The molecule has 0 spiro atoms. The minimum Gasteiger partial charge on any atom is -0.465 e. The fourth-order valence-corrected chi connectivity index (χ4v) is 3.99. The number of carboxylic acid groups (broad SMARTS) is 1. The van der Waals surface area contributed by atoms with Gasteiger partial charge in [0.1, 0.15) is 12.4 Å². The Morgan fingerprint density at radius 1 is 1.22 bits per heavy atom. The van der Waals surface area contributed by atoms with Gasteiger partial charge in [-0.3, -0.25) is 24.4 Å². The monoisotopic (exact) mass is 516 g/mol. The highest BCUT2D eigenvalue weighted by atomic mass is 35.5. The summed E-state index contributed by atoms with van der Waals surface area (Å²) in [6.45, 7) is -0.657. The molecule has 1 aliphatic carbocycles. The Morgan fingerprint density at radius 2 is 1.97 bits per heavy atom. The highest BCUT2D eigenvalue weighted by Crippen LogP contribution is 2.28. The zero-order valence-electron chi connectivity index (χ0n) is 18.8. The molecule has 0 bridgehead atoms. The van der Waals surface area contributed by atoms with Crippen LogP contribution >= 0.6 is 11.6 Å². The molecule has 3 aromatic rings. The Hall–Kier alpha value is -4.19. The summed E-state index contributed by atoms with van der Waals surface area (Å²) in [5.41, 5.74) is 6.10. The number of nitrogens with one attached hydrogen (secondary N) is 2. The van der Waals surface area contributed by atoms with Crippen LogP contribution in [0.1, 0.15) is 28.9 Å². The number of amides is 4. The largest absolute Gasteiger partial charge is 0.465 e. The first-order valence-corrected chi connectivity index (χ1v) is 11.3. The van der Waals surface area contributed by atoms with Gasteiger partial charge in [-0.2, -0.15) is 5.10 Å². The van der Waals surface area contributed by atoms with E-state index in [1.807, 2.05) is 0 Å². The third kappa shape index (κ3) is 5.54. The molecular formula is C23H22ClFN6O5. The minimum absolute atomic E-state index is 0.0555. The van der Waals surface area contributed by atoms with E-state index in [4.69, 9.17) is 22.4 Å². The summed E-state index contributed by atoms with van der Waals surface area (Å²) in [6, 6.07) is 8.70. The van der Waals surface area contributed by atoms with E-state index in [1.54, 1.807) is 6.07 Å².